The number of carbonyl (C=O) groups excluding carboxylic acids is 2. The number of fused-ring (bicyclic) bond motifs is 1. The van der Waals surface area contributed by atoms with Crippen molar-refractivity contribution in [3.8, 4) is 0 Å². The van der Waals surface area contributed by atoms with Gasteiger partial charge in [0.1, 0.15) is 22.0 Å². The highest BCUT2D eigenvalue weighted by Crippen LogP contribution is 2.33. The summed E-state index contributed by atoms with van der Waals surface area (Å²) in [6.07, 6.45) is 3.14. The van der Waals surface area contributed by atoms with Gasteiger partial charge in [-0.05, 0) is 43.2 Å². The number of carbonyl (C=O) groups is 2. The molecule has 4 aromatic rings. The van der Waals surface area contributed by atoms with Crippen molar-refractivity contribution in [1.82, 2.24) is 4.90 Å². The van der Waals surface area contributed by atoms with Crippen molar-refractivity contribution >= 4 is 34.4 Å². The number of rotatable bonds is 8. The van der Waals surface area contributed by atoms with Crippen molar-refractivity contribution in [2.24, 2.45) is 0 Å². The summed E-state index contributed by atoms with van der Waals surface area (Å²) in [5, 5.41) is 14.1. The summed E-state index contributed by atoms with van der Waals surface area (Å²) in [6, 6.07) is 12.6. The maximum atomic E-state index is 13.7. The Morgan fingerprint density at radius 3 is 2.69 bits per heavy atom. The molecule has 1 aromatic carbocycles. The number of nitrogens with zero attached hydrogens (tertiary/aromatic N) is 2. The second-order valence-electron chi connectivity index (χ2n) is 8.05. The average molecular weight is 479 g/mol. The molecule has 1 fully saturated rings. The molecular weight excluding hydrogens is 458 g/mol. The number of ether oxygens (including phenoxy) is 1. The fourth-order valence-corrected chi connectivity index (χ4v) is 4.03. The zero-order chi connectivity index (χ0) is 24.4. The first kappa shape index (κ1) is 22.4. The van der Waals surface area contributed by atoms with Crippen LogP contribution in [-0.2, 0) is 11.3 Å². The number of nitro groups is 1. The Labute approximate surface area is 198 Å². The third-order valence-corrected chi connectivity index (χ3v) is 5.69. The topological polar surface area (TPSA) is 141 Å². The standard InChI is InChI=1S/C24H21N3O8/c28-23(19-9-10-20(34-19)27(30)31)25-21-17-7-1-2-8-18(17)35-22(21)24(29)26(13-15-5-3-11-32-15)14-16-6-4-12-33-16/h1-3,5,7-11,16H,4,6,12-14H2,(H,25,28)/t16-/m1/s1. The highest BCUT2D eigenvalue weighted by atomic mass is 16.6. The van der Waals surface area contributed by atoms with Crippen LogP contribution in [0.3, 0.4) is 0 Å². The van der Waals surface area contributed by atoms with Gasteiger partial charge in [-0.3, -0.25) is 19.7 Å². The Hall–Kier alpha value is -4.38. The molecule has 180 valence electrons. The zero-order valence-corrected chi connectivity index (χ0v) is 18.5. The van der Waals surface area contributed by atoms with E-state index in [0.29, 0.717) is 29.9 Å². The molecular formula is C24H21N3O8. The largest absolute Gasteiger partial charge is 0.467 e. The molecule has 5 rings (SSSR count). The van der Waals surface area contributed by atoms with Crippen LogP contribution in [-0.4, -0.2) is 40.9 Å². The van der Waals surface area contributed by atoms with Gasteiger partial charge in [-0.15, -0.1) is 0 Å². The lowest BCUT2D eigenvalue weighted by molar-refractivity contribution is -0.402. The minimum absolute atomic E-state index is 0.0786. The van der Waals surface area contributed by atoms with Crippen LogP contribution in [0.5, 0.6) is 0 Å². The quantitative estimate of drug-likeness (QED) is 0.285. The first-order valence-corrected chi connectivity index (χ1v) is 11.0. The van der Waals surface area contributed by atoms with Crippen molar-refractivity contribution < 1.29 is 32.5 Å². The lowest BCUT2D eigenvalue weighted by Gasteiger charge is -2.24. The molecule has 1 aliphatic heterocycles. The van der Waals surface area contributed by atoms with Crippen LogP contribution in [0, 0.1) is 10.1 Å². The van der Waals surface area contributed by atoms with E-state index >= 15 is 0 Å². The molecule has 2 amide bonds. The Morgan fingerprint density at radius 2 is 1.97 bits per heavy atom. The number of benzene rings is 1. The van der Waals surface area contributed by atoms with Crippen LogP contribution < -0.4 is 5.32 Å². The highest BCUT2D eigenvalue weighted by Gasteiger charge is 2.30. The summed E-state index contributed by atoms with van der Waals surface area (Å²) in [5.41, 5.74) is 0.540. The van der Waals surface area contributed by atoms with E-state index in [0.717, 1.165) is 18.9 Å². The normalized spacial score (nSPS) is 15.4. The maximum absolute atomic E-state index is 13.7. The molecule has 35 heavy (non-hydrogen) atoms. The summed E-state index contributed by atoms with van der Waals surface area (Å²) in [4.78, 5) is 38.3. The Kier molecular flexibility index (Phi) is 6.06. The minimum Gasteiger partial charge on any atom is -0.467 e. The number of anilines is 1. The predicted molar refractivity (Wildman–Crippen MR) is 122 cm³/mol. The molecule has 0 saturated carbocycles. The summed E-state index contributed by atoms with van der Waals surface area (Å²) < 4.78 is 22.1. The summed E-state index contributed by atoms with van der Waals surface area (Å²) >= 11 is 0. The van der Waals surface area contributed by atoms with Gasteiger partial charge in [0.25, 0.3) is 11.8 Å². The zero-order valence-electron chi connectivity index (χ0n) is 18.5. The van der Waals surface area contributed by atoms with Crippen molar-refractivity contribution in [3.63, 3.8) is 0 Å². The second kappa shape index (κ2) is 9.47. The van der Waals surface area contributed by atoms with Crippen molar-refractivity contribution in [2.75, 3.05) is 18.5 Å². The molecule has 11 heteroatoms. The fraction of sp³-hybridized carbons (Fsp3) is 0.250. The molecule has 1 saturated heterocycles. The van der Waals surface area contributed by atoms with Gasteiger partial charge in [-0.25, -0.2) is 0 Å². The predicted octanol–water partition coefficient (Wildman–Crippen LogP) is 4.60. The van der Waals surface area contributed by atoms with Gasteiger partial charge in [0.05, 0.1) is 25.0 Å². The molecule has 1 aliphatic rings. The third kappa shape index (κ3) is 4.66. The average Bonchev–Trinajstić information content (AvgIpc) is 3.66. The summed E-state index contributed by atoms with van der Waals surface area (Å²) in [7, 11) is 0. The van der Waals surface area contributed by atoms with Crippen LogP contribution in [0.2, 0.25) is 0 Å². The molecule has 3 aromatic heterocycles. The highest BCUT2D eigenvalue weighted by molar-refractivity contribution is 6.13. The van der Waals surface area contributed by atoms with Gasteiger partial charge < -0.3 is 28.2 Å². The molecule has 1 atom stereocenters. The summed E-state index contributed by atoms with van der Waals surface area (Å²) in [5.74, 6) is -1.55. The SMILES string of the molecule is O=C(Nc1c(C(=O)N(Cc2ccco2)C[C@H]2CCCO2)oc2ccccc12)c1ccc([N+](=O)[O-])o1. The van der Waals surface area contributed by atoms with E-state index in [2.05, 4.69) is 5.32 Å². The van der Waals surface area contributed by atoms with Crippen LogP contribution in [0.15, 0.2) is 68.0 Å². The van der Waals surface area contributed by atoms with Crippen LogP contribution in [0.4, 0.5) is 11.6 Å². The lowest BCUT2D eigenvalue weighted by Crippen LogP contribution is -2.37. The Balaban J connectivity index is 1.48. The van der Waals surface area contributed by atoms with E-state index < -0.39 is 22.6 Å². The van der Waals surface area contributed by atoms with E-state index in [1.807, 2.05) is 0 Å². The Morgan fingerprint density at radius 1 is 1.11 bits per heavy atom. The lowest BCUT2D eigenvalue weighted by atomic mass is 10.2. The van der Waals surface area contributed by atoms with E-state index in [1.165, 1.54) is 12.3 Å². The van der Waals surface area contributed by atoms with Crippen molar-refractivity contribution in [3.05, 3.63) is 82.2 Å². The molecule has 0 bridgehead atoms. The van der Waals surface area contributed by atoms with Gasteiger partial charge in [0.15, 0.2) is 5.76 Å². The molecule has 1 N–H and O–H groups in total. The van der Waals surface area contributed by atoms with E-state index in [1.54, 1.807) is 41.3 Å². The minimum atomic E-state index is -0.754. The van der Waals surface area contributed by atoms with Gasteiger partial charge in [0.2, 0.25) is 5.76 Å². The van der Waals surface area contributed by atoms with Crippen molar-refractivity contribution in [2.45, 2.75) is 25.5 Å². The van der Waals surface area contributed by atoms with Gasteiger partial charge in [-0.2, -0.15) is 0 Å². The van der Waals surface area contributed by atoms with Crippen LogP contribution in [0.25, 0.3) is 11.0 Å². The maximum Gasteiger partial charge on any atom is 0.433 e. The van der Waals surface area contributed by atoms with E-state index in [9.17, 15) is 19.7 Å². The van der Waals surface area contributed by atoms with Crippen LogP contribution >= 0.6 is 0 Å². The fourth-order valence-electron chi connectivity index (χ4n) is 4.03. The number of hydrogen-bond acceptors (Lipinski definition) is 8. The molecule has 11 nitrogen and oxygen atoms in total. The van der Waals surface area contributed by atoms with Gasteiger partial charge >= 0.3 is 5.88 Å². The smallest absolute Gasteiger partial charge is 0.433 e. The first-order chi connectivity index (χ1) is 17.0. The number of hydrogen-bond donors (Lipinski definition) is 1. The number of nitrogens with one attached hydrogen (secondary N) is 1. The number of para-hydroxylation sites is 1. The first-order valence-electron chi connectivity index (χ1n) is 11.0. The number of amides is 2. The molecule has 0 unspecified atom stereocenters. The Bertz CT molecular complexity index is 1360. The monoisotopic (exact) mass is 479 g/mol. The second-order valence-corrected chi connectivity index (χ2v) is 8.05. The molecule has 0 aliphatic carbocycles. The van der Waals surface area contributed by atoms with Crippen molar-refractivity contribution in [1.29, 1.82) is 0 Å². The van der Waals surface area contributed by atoms with Crippen LogP contribution in [0.1, 0.15) is 39.7 Å². The molecule has 0 radical (unpaired) electrons. The third-order valence-electron chi connectivity index (χ3n) is 5.69. The van der Waals surface area contributed by atoms with E-state index in [4.69, 9.17) is 18.0 Å². The molecule has 0 spiro atoms. The molecule has 4 heterocycles. The summed E-state index contributed by atoms with van der Waals surface area (Å²) in [6.45, 7) is 1.13. The number of furan rings is 3. The van der Waals surface area contributed by atoms with E-state index in [-0.39, 0.29) is 29.9 Å². The van der Waals surface area contributed by atoms with Gasteiger partial charge in [0, 0.05) is 18.5 Å². The van der Waals surface area contributed by atoms with Gasteiger partial charge in [-0.1, -0.05) is 12.1 Å².